The Morgan fingerprint density at radius 1 is 1.23 bits per heavy atom. The second-order valence-electron chi connectivity index (χ2n) is 4.93. The smallest absolute Gasteiger partial charge is 0.246 e. The number of hydrogen-bond acceptors (Lipinski definition) is 2. The van der Waals surface area contributed by atoms with Gasteiger partial charge in [-0.15, -0.1) is 0 Å². The Balaban J connectivity index is 2.00. The first-order chi connectivity index (χ1) is 10.6. The molecule has 0 aliphatic heterocycles. The van der Waals surface area contributed by atoms with Crippen molar-refractivity contribution < 1.29 is 13.9 Å². The molecule has 0 spiro atoms. The quantitative estimate of drug-likeness (QED) is 0.791. The van der Waals surface area contributed by atoms with Gasteiger partial charge in [-0.3, -0.25) is 4.79 Å². The molecular formula is C18H18FNO2. The van der Waals surface area contributed by atoms with Crippen LogP contribution in [0.25, 0.3) is 6.08 Å². The largest absolute Gasteiger partial charge is 0.497 e. The topological polar surface area (TPSA) is 29.5 Å². The van der Waals surface area contributed by atoms with Crippen molar-refractivity contribution in [1.82, 2.24) is 4.90 Å². The lowest BCUT2D eigenvalue weighted by atomic mass is 10.2. The number of methoxy groups -OCH3 is 1. The summed E-state index contributed by atoms with van der Waals surface area (Å²) in [7, 11) is 3.28. The van der Waals surface area contributed by atoms with E-state index in [1.807, 2.05) is 24.3 Å². The molecule has 0 bridgehead atoms. The van der Waals surface area contributed by atoms with E-state index in [4.69, 9.17) is 4.74 Å². The van der Waals surface area contributed by atoms with Gasteiger partial charge in [-0.1, -0.05) is 24.3 Å². The van der Waals surface area contributed by atoms with E-state index >= 15 is 0 Å². The summed E-state index contributed by atoms with van der Waals surface area (Å²) in [4.78, 5) is 13.6. The third kappa shape index (κ3) is 4.45. The Hall–Kier alpha value is -2.62. The number of nitrogens with zero attached hydrogens (tertiary/aromatic N) is 1. The van der Waals surface area contributed by atoms with Gasteiger partial charge in [-0.2, -0.15) is 0 Å². The van der Waals surface area contributed by atoms with Gasteiger partial charge in [0.1, 0.15) is 11.6 Å². The molecule has 0 atom stereocenters. The maximum atomic E-state index is 13.1. The maximum Gasteiger partial charge on any atom is 0.246 e. The van der Waals surface area contributed by atoms with E-state index in [-0.39, 0.29) is 11.7 Å². The Labute approximate surface area is 129 Å². The van der Waals surface area contributed by atoms with E-state index in [1.54, 1.807) is 32.4 Å². The SMILES string of the molecule is COc1cccc(/C=C/C(=O)N(C)Cc2cccc(F)c2)c1. The second-order valence-corrected chi connectivity index (χ2v) is 4.93. The molecule has 0 radical (unpaired) electrons. The zero-order valence-electron chi connectivity index (χ0n) is 12.6. The number of rotatable bonds is 5. The first-order valence-electron chi connectivity index (χ1n) is 6.90. The number of halogens is 1. The molecule has 0 saturated heterocycles. The monoisotopic (exact) mass is 299 g/mol. The van der Waals surface area contributed by atoms with Crippen LogP contribution in [-0.4, -0.2) is 25.0 Å². The zero-order chi connectivity index (χ0) is 15.9. The highest BCUT2D eigenvalue weighted by Gasteiger charge is 2.06. The molecule has 0 saturated carbocycles. The third-order valence-corrected chi connectivity index (χ3v) is 3.20. The molecule has 2 aromatic rings. The van der Waals surface area contributed by atoms with Gasteiger partial charge in [0, 0.05) is 19.7 Å². The first kappa shape index (κ1) is 15.8. The maximum absolute atomic E-state index is 13.1. The first-order valence-corrected chi connectivity index (χ1v) is 6.90. The van der Waals surface area contributed by atoms with Gasteiger partial charge >= 0.3 is 0 Å². The molecule has 4 heteroatoms. The predicted octanol–water partition coefficient (Wildman–Crippen LogP) is 3.51. The van der Waals surface area contributed by atoms with E-state index in [9.17, 15) is 9.18 Å². The van der Waals surface area contributed by atoms with Crippen molar-refractivity contribution in [2.75, 3.05) is 14.2 Å². The molecule has 3 nitrogen and oxygen atoms in total. The van der Waals surface area contributed by atoms with E-state index in [1.165, 1.54) is 23.1 Å². The van der Waals surface area contributed by atoms with E-state index < -0.39 is 0 Å². The highest BCUT2D eigenvalue weighted by molar-refractivity contribution is 5.91. The van der Waals surface area contributed by atoms with E-state index in [2.05, 4.69) is 0 Å². The summed E-state index contributed by atoms with van der Waals surface area (Å²) in [6.07, 6.45) is 3.22. The van der Waals surface area contributed by atoms with Crippen LogP contribution in [-0.2, 0) is 11.3 Å². The molecule has 2 aromatic carbocycles. The minimum absolute atomic E-state index is 0.146. The molecule has 0 heterocycles. The highest BCUT2D eigenvalue weighted by atomic mass is 19.1. The van der Waals surface area contributed by atoms with E-state index in [0.29, 0.717) is 6.54 Å². The third-order valence-electron chi connectivity index (χ3n) is 3.20. The predicted molar refractivity (Wildman–Crippen MR) is 84.9 cm³/mol. The lowest BCUT2D eigenvalue weighted by Gasteiger charge is -2.15. The van der Waals surface area contributed by atoms with Crippen LogP contribution in [0.2, 0.25) is 0 Å². The van der Waals surface area contributed by atoms with Crippen LogP contribution in [0, 0.1) is 5.82 Å². The number of amides is 1. The standard InChI is InChI=1S/C18H18FNO2/c1-20(13-15-6-3-7-16(19)11-15)18(21)10-9-14-5-4-8-17(12-14)22-2/h3-12H,13H2,1-2H3/b10-9+. The number of carbonyl (C=O) groups excluding carboxylic acids is 1. The summed E-state index contributed by atoms with van der Waals surface area (Å²) in [5, 5.41) is 0. The lowest BCUT2D eigenvalue weighted by Crippen LogP contribution is -2.24. The average molecular weight is 299 g/mol. The van der Waals surface area contributed by atoms with E-state index in [0.717, 1.165) is 16.9 Å². The fourth-order valence-corrected chi connectivity index (χ4v) is 2.03. The van der Waals surface area contributed by atoms with Crippen molar-refractivity contribution in [2.45, 2.75) is 6.54 Å². The molecule has 114 valence electrons. The summed E-state index contributed by atoms with van der Waals surface area (Å²) in [5.41, 5.74) is 1.64. The lowest BCUT2D eigenvalue weighted by molar-refractivity contribution is -0.125. The van der Waals surface area contributed by atoms with Crippen LogP contribution in [0.3, 0.4) is 0 Å². The summed E-state index contributed by atoms with van der Waals surface area (Å²) >= 11 is 0. The van der Waals surface area contributed by atoms with Gasteiger partial charge in [0.05, 0.1) is 7.11 Å². The average Bonchev–Trinajstić information content (AvgIpc) is 2.52. The summed E-state index contributed by atoms with van der Waals surface area (Å²) in [6.45, 7) is 0.360. The number of ether oxygens (including phenoxy) is 1. The van der Waals surface area contributed by atoms with Crippen molar-refractivity contribution >= 4 is 12.0 Å². The Morgan fingerprint density at radius 3 is 2.73 bits per heavy atom. The molecule has 0 fully saturated rings. The fourth-order valence-electron chi connectivity index (χ4n) is 2.03. The molecule has 0 N–H and O–H groups in total. The summed E-state index contributed by atoms with van der Waals surface area (Å²) in [5.74, 6) is 0.292. The molecular weight excluding hydrogens is 281 g/mol. The Morgan fingerprint density at radius 2 is 2.00 bits per heavy atom. The Kier molecular flexibility index (Phi) is 5.31. The number of benzene rings is 2. The highest BCUT2D eigenvalue weighted by Crippen LogP contribution is 2.14. The van der Waals surface area contributed by atoms with Crippen molar-refractivity contribution in [3.05, 3.63) is 71.6 Å². The second kappa shape index (κ2) is 7.41. The van der Waals surface area contributed by atoms with Gasteiger partial charge < -0.3 is 9.64 Å². The number of likely N-dealkylation sites (N-methyl/N-ethyl adjacent to an activating group) is 1. The molecule has 0 aromatic heterocycles. The van der Waals surface area contributed by atoms with Gasteiger partial charge in [0.15, 0.2) is 0 Å². The molecule has 0 aliphatic rings. The number of hydrogen-bond donors (Lipinski definition) is 0. The van der Waals surface area contributed by atoms with Gasteiger partial charge in [0.2, 0.25) is 5.91 Å². The van der Waals surface area contributed by atoms with Gasteiger partial charge in [-0.05, 0) is 41.5 Å². The van der Waals surface area contributed by atoms with Crippen LogP contribution in [0.4, 0.5) is 4.39 Å². The fraction of sp³-hybridized carbons (Fsp3) is 0.167. The van der Waals surface area contributed by atoms with Crippen molar-refractivity contribution in [1.29, 1.82) is 0 Å². The summed E-state index contributed by atoms with van der Waals surface area (Å²) < 4.78 is 18.3. The molecule has 2 rings (SSSR count). The minimum Gasteiger partial charge on any atom is -0.497 e. The van der Waals surface area contributed by atoms with Gasteiger partial charge in [-0.25, -0.2) is 4.39 Å². The zero-order valence-corrected chi connectivity index (χ0v) is 12.6. The Bertz CT molecular complexity index is 682. The van der Waals surface area contributed by atoms with Crippen LogP contribution in [0.15, 0.2) is 54.6 Å². The molecule has 0 aliphatic carbocycles. The molecule has 1 amide bonds. The van der Waals surface area contributed by atoms with Crippen LogP contribution < -0.4 is 4.74 Å². The molecule has 0 unspecified atom stereocenters. The van der Waals surface area contributed by atoms with Gasteiger partial charge in [0.25, 0.3) is 0 Å². The van der Waals surface area contributed by atoms with Crippen LogP contribution in [0.1, 0.15) is 11.1 Å². The van der Waals surface area contributed by atoms with Crippen LogP contribution in [0.5, 0.6) is 5.75 Å². The summed E-state index contributed by atoms with van der Waals surface area (Å²) in [6, 6.07) is 13.7. The van der Waals surface area contributed by atoms with Crippen molar-refractivity contribution in [3.8, 4) is 5.75 Å². The van der Waals surface area contributed by atoms with Crippen molar-refractivity contribution in [3.63, 3.8) is 0 Å². The minimum atomic E-state index is -0.301. The molecule has 22 heavy (non-hydrogen) atoms. The normalized spacial score (nSPS) is 10.7. The van der Waals surface area contributed by atoms with Crippen LogP contribution >= 0.6 is 0 Å². The number of carbonyl (C=O) groups is 1. The van der Waals surface area contributed by atoms with Crippen molar-refractivity contribution in [2.24, 2.45) is 0 Å².